The van der Waals surface area contributed by atoms with Crippen LogP contribution in [0.3, 0.4) is 0 Å². The molecule has 1 heterocycles. The molecule has 0 bridgehead atoms. The summed E-state index contributed by atoms with van der Waals surface area (Å²) in [6, 6.07) is 42.6. The first-order chi connectivity index (χ1) is 26.0. The van der Waals surface area contributed by atoms with Gasteiger partial charge >= 0.3 is 0 Å². The van der Waals surface area contributed by atoms with Gasteiger partial charge in [0.1, 0.15) is 11.2 Å². The van der Waals surface area contributed by atoms with Crippen molar-refractivity contribution in [2.75, 3.05) is 4.90 Å². The highest BCUT2D eigenvalue weighted by Crippen LogP contribution is 2.56. The van der Waals surface area contributed by atoms with E-state index < -0.39 is 0 Å². The molecule has 0 saturated heterocycles. The molecule has 0 spiro atoms. The van der Waals surface area contributed by atoms with Gasteiger partial charge in [0, 0.05) is 44.8 Å². The minimum absolute atomic E-state index is 0.142. The van der Waals surface area contributed by atoms with Crippen LogP contribution in [0.5, 0.6) is 0 Å². The summed E-state index contributed by atoms with van der Waals surface area (Å²) in [4.78, 5) is 2.41. The summed E-state index contributed by atoms with van der Waals surface area (Å²) < 4.78 is 7.12. The Morgan fingerprint density at radius 2 is 1.43 bits per heavy atom. The minimum Gasteiger partial charge on any atom is -0.455 e. The van der Waals surface area contributed by atoms with Crippen molar-refractivity contribution in [1.29, 1.82) is 0 Å². The molecule has 0 N–H and O–H groups in total. The number of benzene rings is 6. The SMILES string of the molecule is CC1=C(c2ccc(N(c3ccc4c(c3)oc3c5c(c6ccccc6c34)C(C)(C)c3ccccc3-5)c3ccccc3C3=CC=CCC3)cc2)C=CC=CC1. The Bertz CT molecular complexity index is 2780. The summed E-state index contributed by atoms with van der Waals surface area (Å²) in [6.07, 6.45) is 18.5. The lowest BCUT2D eigenvalue weighted by Crippen LogP contribution is -2.15. The van der Waals surface area contributed by atoms with Gasteiger partial charge in [-0.2, -0.15) is 0 Å². The molecule has 0 fully saturated rings. The number of hydrogen-bond donors (Lipinski definition) is 0. The number of rotatable bonds is 5. The average molecular weight is 684 g/mol. The van der Waals surface area contributed by atoms with E-state index in [1.807, 2.05) is 0 Å². The molecule has 2 heteroatoms. The molecule has 0 aliphatic heterocycles. The van der Waals surface area contributed by atoms with Gasteiger partial charge in [-0.15, -0.1) is 0 Å². The van der Waals surface area contributed by atoms with E-state index in [9.17, 15) is 0 Å². The highest BCUT2D eigenvalue weighted by Gasteiger charge is 2.39. The molecule has 3 aliphatic rings. The Morgan fingerprint density at radius 1 is 0.679 bits per heavy atom. The van der Waals surface area contributed by atoms with Crippen LogP contribution >= 0.6 is 0 Å². The number of anilines is 3. The highest BCUT2D eigenvalue weighted by molar-refractivity contribution is 6.25. The van der Waals surface area contributed by atoms with Gasteiger partial charge in [0.2, 0.25) is 0 Å². The van der Waals surface area contributed by atoms with Crippen LogP contribution in [0.1, 0.15) is 62.3 Å². The molecule has 0 atom stereocenters. The number of hydrogen-bond acceptors (Lipinski definition) is 2. The lowest BCUT2D eigenvalue weighted by molar-refractivity contribution is 0.657. The van der Waals surface area contributed by atoms with Crippen molar-refractivity contribution in [3.05, 3.63) is 186 Å². The Hall–Kier alpha value is -6.12. The second kappa shape index (κ2) is 12.2. The number of nitrogens with zero attached hydrogens (tertiary/aromatic N) is 1. The van der Waals surface area contributed by atoms with Crippen LogP contribution in [0, 0.1) is 0 Å². The van der Waals surface area contributed by atoms with E-state index in [1.54, 1.807) is 0 Å². The lowest BCUT2D eigenvalue weighted by Gasteiger charge is -2.29. The highest BCUT2D eigenvalue weighted by atomic mass is 16.3. The molecule has 256 valence electrons. The fourth-order valence-electron chi connectivity index (χ4n) is 9.18. The van der Waals surface area contributed by atoms with Crippen molar-refractivity contribution in [3.8, 4) is 11.1 Å². The zero-order chi connectivity index (χ0) is 35.7. The van der Waals surface area contributed by atoms with Crippen LogP contribution in [-0.4, -0.2) is 0 Å². The first-order valence-electron chi connectivity index (χ1n) is 18.9. The second-order valence-corrected chi connectivity index (χ2v) is 15.2. The van der Waals surface area contributed by atoms with Gasteiger partial charge in [0.05, 0.1) is 5.69 Å². The summed E-state index contributed by atoms with van der Waals surface area (Å²) in [5, 5.41) is 4.89. The largest absolute Gasteiger partial charge is 0.455 e. The van der Waals surface area contributed by atoms with E-state index in [0.717, 1.165) is 52.9 Å². The normalized spacial score (nSPS) is 15.9. The third-order valence-corrected chi connectivity index (χ3v) is 11.7. The molecule has 1 aromatic heterocycles. The fourth-order valence-corrected chi connectivity index (χ4v) is 9.18. The van der Waals surface area contributed by atoms with Gasteiger partial charge in [0.15, 0.2) is 0 Å². The number of fused-ring (bicyclic) bond motifs is 10. The molecule has 2 nitrogen and oxygen atoms in total. The van der Waals surface area contributed by atoms with Crippen LogP contribution in [0.2, 0.25) is 0 Å². The standard InChI is InChI=1S/C51H41NO/c1-33-16-6-4-9-19-38(33)35-26-28-36(29-27-35)52(45-25-15-13-20-39(45)34-17-7-5-8-18-34)37-30-31-43-46(32-37)53-50-47(43)40-21-10-11-22-41(40)49-48(50)42-23-12-14-24-44(42)51(49,2)3/h4-7,9-15,17,19-32H,8,16,18H2,1-3H3. The van der Waals surface area contributed by atoms with Crippen LogP contribution in [0.25, 0.3) is 55.0 Å². The lowest BCUT2D eigenvalue weighted by atomic mass is 9.79. The number of furan rings is 1. The maximum Gasteiger partial charge on any atom is 0.144 e. The van der Waals surface area contributed by atoms with Gasteiger partial charge in [0.25, 0.3) is 0 Å². The van der Waals surface area contributed by atoms with Crippen molar-refractivity contribution in [3.63, 3.8) is 0 Å². The van der Waals surface area contributed by atoms with Crippen molar-refractivity contribution in [2.24, 2.45) is 0 Å². The molecular formula is C51H41NO. The van der Waals surface area contributed by atoms with E-state index in [0.29, 0.717) is 0 Å². The first kappa shape index (κ1) is 31.6. The minimum atomic E-state index is -0.142. The fraction of sp³-hybridized carbons (Fsp3) is 0.137. The predicted molar refractivity (Wildman–Crippen MR) is 225 cm³/mol. The van der Waals surface area contributed by atoms with Crippen molar-refractivity contribution >= 4 is 60.9 Å². The van der Waals surface area contributed by atoms with Gasteiger partial charge < -0.3 is 9.32 Å². The van der Waals surface area contributed by atoms with Gasteiger partial charge in [-0.1, -0.05) is 141 Å². The maximum absolute atomic E-state index is 7.12. The molecule has 0 amide bonds. The Labute approximate surface area is 311 Å². The summed E-state index contributed by atoms with van der Waals surface area (Å²) >= 11 is 0. The van der Waals surface area contributed by atoms with Crippen molar-refractivity contribution < 1.29 is 4.42 Å². The zero-order valence-electron chi connectivity index (χ0n) is 30.5. The monoisotopic (exact) mass is 683 g/mol. The topological polar surface area (TPSA) is 16.4 Å². The van der Waals surface area contributed by atoms with Crippen LogP contribution < -0.4 is 4.90 Å². The number of para-hydroxylation sites is 1. The Morgan fingerprint density at radius 3 is 2.26 bits per heavy atom. The van der Waals surface area contributed by atoms with Crippen LogP contribution in [0.4, 0.5) is 17.1 Å². The van der Waals surface area contributed by atoms with Crippen LogP contribution in [0.15, 0.2) is 168 Å². The van der Waals surface area contributed by atoms with Crippen molar-refractivity contribution in [1.82, 2.24) is 0 Å². The molecule has 6 aromatic carbocycles. The smallest absolute Gasteiger partial charge is 0.144 e. The van der Waals surface area contributed by atoms with Crippen LogP contribution in [-0.2, 0) is 5.41 Å². The summed E-state index contributed by atoms with van der Waals surface area (Å²) in [5.41, 5.74) is 16.8. The second-order valence-electron chi connectivity index (χ2n) is 15.2. The summed E-state index contributed by atoms with van der Waals surface area (Å²) in [7, 11) is 0. The summed E-state index contributed by atoms with van der Waals surface area (Å²) in [6.45, 7) is 6.95. The molecule has 0 unspecified atom stereocenters. The van der Waals surface area contributed by atoms with E-state index >= 15 is 0 Å². The molecule has 53 heavy (non-hydrogen) atoms. The maximum atomic E-state index is 7.12. The predicted octanol–water partition coefficient (Wildman–Crippen LogP) is 14.5. The van der Waals surface area contributed by atoms with Crippen molar-refractivity contribution in [2.45, 2.75) is 45.4 Å². The summed E-state index contributed by atoms with van der Waals surface area (Å²) in [5.74, 6) is 0. The third-order valence-electron chi connectivity index (χ3n) is 11.7. The molecular weight excluding hydrogens is 643 g/mol. The van der Waals surface area contributed by atoms with E-state index in [2.05, 4.69) is 183 Å². The van der Waals surface area contributed by atoms with E-state index in [1.165, 1.54) is 66.3 Å². The van der Waals surface area contributed by atoms with Gasteiger partial charge in [-0.25, -0.2) is 0 Å². The molecule has 7 aromatic rings. The Balaban J connectivity index is 1.20. The molecule has 0 radical (unpaired) electrons. The third kappa shape index (κ3) is 4.93. The van der Waals surface area contributed by atoms with E-state index in [-0.39, 0.29) is 5.41 Å². The zero-order valence-corrected chi connectivity index (χ0v) is 30.5. The molecule has 0 saturated carbocycles. The quantitative estimate of drug-likeness (QED) is 0.180. The van der Waals surface area contributed by atoms with Gasteiger partial charge in [-0.05, 0) is 101 Å². The number of allylic oxidation sites excluding steroid dienone is 10. The average Bonchev–Trinajstić information content (AvgIpc) is 3.59. The molecule has 3 aliphatic carbocycles. The van der Waals surface area contributed by atoms with E-state index in [4.69, 9.17) is 4.42 Å². The molecule has 10 rings (SSSR count). The Kier molecular flexibility index (Phi) is 7.30. The van der Waals surface area contributed by atoms with Gasteiger partial charge in [-0.3, -0.25) is 0 Å². The first-order valence-corrected chi connectivity index (χ1v) is 18.9.